The zero-order valence-electron chi connectivity index (χ0n) is 39.2. The second-order valence-electron chi connectivity index (χ2n) is 15.7. The number of hydrogen-bond acceptors (Lipinski definition) is 8. The molecule has 346 valence electrons. The third kappa shape index (κ3) is 13.0. The summed E-state index contributed by atoms with van der Waals surface area (Å²) in [6.07, 6.45) is 24.5. The summed E-state index contributed by atoms with van der Waals surface area (Å²) in [5.41, 5.74) is 5.25. The maximum atomic E-state index is 13.4. The first-order valence-corrected chi connectivity index (χ1v) is 22.1. The first kappa shape index (κ1) is 52.3. The highest BCUT2D eigenvalue weighted by Crippen LogP contribution is 2.53. The van der Waals surface area contributed by atoms with E-state index in [-0.39, 0.29) is 36.9 Å². The molecule has 2 aromatic heterocycles. The average Bonchev–Trinajstić information content (AvgIpc) is 4.17. The van der Waals surface area contributed by atoms with Crippen LogP contribution in [0.2, 0.25) is 0 Å². The van der Waals surface area contributed by atoms with Gasteiger partial charge in [0.15, 0.2) is 0 Å². The van der Waals surface area contributed by atoms with E-state index >= 15 is 0 Å². The molecule has 65 heavy (non-hydrogen) atoms. The Morgan fingerprint density at radius 1 is 0.738 bits per heavy atom. The quantitative estimate of drug-likeness (QED) is 0.0897. The molecule has 4 N–H and O–H groups in total. The number of aromatic amines is 2. The monoisotopic (exact) mass is 887 g/mol. The molecule has 3 atom stereocenters. The van der Waals surface area contributed by atoms with Crippen LogP contribution >= 0.6 is 0 Å². The summed E-state index contributed by atoms with van der Waals surface area (Å²) in [4.78, 5) is 69.0. The largest absolute Gasteiger partial charge is 0.453 e. The van der Waals surface area contributed by atoms with Crippen molar-refractivity contribution < 1.29 is 28.7 Å². The molecule has 4 amide bonds. The van der Waals surface area contributed by atoms with Gasteiger partial charge < -0.3 is 39.9 Å². The molecule has 7 rings (SSSR count). The van der Waals surface area contributed by atoms with Gasteiger partial charge in [-0.2, -0.15) is 0 Å². The van der Waals surface area contributed by atoms with Crippen LogP contribution in [-0.2, 0) is 31.1 Å². The van der Waals surface area contributed by atoms with Crippen LogP contribution in [0.3, 0.4) is 0 Å². The Bertz CT molecular complexity index is 2340. The fraction of sp³-hybridized carbons (Fsp3) is 0.412. The van der Waals surface area contributed by atoms with Gasteiger partial charge in [-0.15, -0.1) is 25.7 Å². The minimum absolute atomic E-state index is 0.120. The summed E-state index contributed by atoms with van der Waals surface area (Å²) in [7, 11) is 2.54. The molecule has 2 fully saturated rings. The van der Waals surface area contributed by atoms with Crippen molar-refractivity contribution >= 4 is 34.8 Å². The van der Waals surface area contributed by atoms with E-state index in [9.17, 15) is 19.2 Å². The van der Waals surface area contributed by atoms with Crippen LogP contribution in [0.1, 0.15) is 91.7 Å². The van der Waals surface area contributed by atoms with E-state index in [1.54, 1.807) is 11.1 Å². The molecule has 1 aliphatic heterocycles. The third-order valence-corrected chi connectivity index (χ3v) is 11.0. The number of piperidine rings is 1. The summed E-state index contributed by atoms with van der Waals surface area (Å²) >= 11 is 0. The van der Waals surface area contributed by atoms with Gasteiger partial charge in [-0.3, -0.25) is 9.59 Å². The topological polar surface area (TPSA) is 175 Å². The standard InChI is InChI=1S/C41H46N8O6.2C3H8.2C2H2/c1-5-16-48(36(50)22-44-39(52)54-3)24-35-42-20-33(46-35)26-8-6-25(7-9-26)27-10-11-29-18-30(13-12-28(29)17-27)34-21-43-38(47-34)41(2)31-14-15-32(19-31)49(41)37(51)23-45-40(53)55-4;2*1-3-2;2*1-2/h6-13,17-18,20-21,31-32H,5,14-16,19,22-24H2,1-4H3,(H,42,46)(H,43,47)(H,44,52)(H,45,53);2*3H2,1-2H3;2*1-2H/t31-,32+,41-;;;;/m0..../s1. The number of likely N-dealkylation sites (tertiary alicyclic amines) is 1. The Balaban J connectivity index is 0.00000104. The number of rotatable bonds is 12. The molecule has 1 aliphatic carbocycles. The second-order valence-corrected chi connectivity index (χ2v) is 15.7. The van der Waals surface area contributed by atoms with Gasteiger partial charge in [0, 0.05) is 18.2 Å². The van der Waals surface area contributed by atoms with Crippen LogP contribution in [0.5, 0.6) is 0 Å². The number of nitrogens with zero attached hydrogens (tertiary/aromatic N) is 4. The second kappa shape index (κ2) is 25.9. The molecule has 1 saturated carbocycles. The summed E-state index contributed by atoms with van der Waals surface area (Å²) < 4.78 is 9.23. The van der Waals surface area contributed by atoms with E-state index < -0.39 is 17.7 Å². The van der Waals surface area contributed by atoms with Gasteiger partial charge in [0.1, 0.15) is 30.3 Å². The predicted molar refractivity (Wildman–Crippen MR) is 258 cm³/mol. The van der Waals surface area contributed by atoms with Crippen LogP contribution < -0.4 is 10.6 Å². The first-order valence-electron chi connectivity index (χ1n) is 22.1. The Kier molecular flexibility index (Phi) is 20.8. The van der Waals surface area contributed by atoms with Gasteiger partial charge in [-0.1, -0.05) is 96.0 Å². The van der Waals surface area contributed by atoms with Crippen molar-refractivity contribution in [3.05, 3.63) is 84.7 Å². The van der Waals surface area contributed by atoms with E-state index in [0.717, 1.165) is 75.9 Å². The lowest BCUT2D eigenvalue weighted by molar-refractivity contribution is -0.139. The smallest absolute Gasteiger partial charge is 0.407 e. The molecule has 2 bridgehead atoms. The fourth-order valence-electron chi connectivity index (χ4n) is 8.18. The van der Waals surface area contributed by atoms with Gasteiger partial charge in [0.2, 0.25) is 11.8 Å². The van der Waals surface area contributed by atoms with Crippen molar-refractivity contribution in [1.29, 1.82) is 0 Å². The van der Waals surface area contributed by atoms with Crippen molar-refractivity contribution in [2.45, 2.75) is 98.2 Å². The van der Waals surface area contributed by atoms with Gasteiger partial charge in [-0.25, -0.2) is 19.6 Å². The Hall–Kier alpha value is -7.06. The highest BCUT2D eigenvalue weighted by molar-refractivity contribution is 5.91. The van der Waals surface area contributed by atoms with Crippen LogP contribution in [0, 0.1) is 31.6 Å². The van der Waals surface area contributed by atoms with E-state index in [0.29, 0.717) is 18.9 Å². The predicted octanol–water partition coefficient (Wildman–Crippen LogP) is 9.30. The van der Waals surface area contributed by atoms with Gasteiger partial charge in [0.25, 0.3) is 0 Å². The molecule has 0 spiro atoms. The highest BCUT2D eigenvalue weighted by atomic mass is 16.5. The summed E-state index contributed by atoms with van der Waals surface area (Å²) in [5.74, 6) is 1.33. The number of carbonyl (C=O) groups is 4. The van der Waals surface area contributed by atoms with Gasteiger partial charge >= 0.3 is 12.2 Å². The molecule has 0 radical (unpaired) electrons. The summed E-state index contributed by atoms with van der Waals surface area (Å²) in [5, 5.41) is 7.18. The van der Waals surface area contributed by atoms with Crippen LogP contribution in [0.15, 0.2) is 73.1 Å². The normalized spacial score (nSPS) is 16.4. The number of methoxy groups -OCH3 is 2. The van der Waals surface area contributed by atoms with Crippen molar-refractivity contribution in [3.8, 4) is 59.3 Å². The molecule has 14 heteroatoms. The molecule has 0 unspecified atom stereocenters. The Labute approximate surface area is 384 Å². The SMILES string of the molecule is C#C.C#C.CCC.CCC.CCCN(Cc1ncc(-c2ccc(-c3ccc4cc(-c5cnc([C@]6(C)[C@H]7CC[C@H](C7)N6C(=O)CNC(=O)OC)[nH]5)ccc4c3)cc2)[nH]1)C(=O)CNC(=O)OC. The number of hydrogen-bond donors (Lipinski definition) is 4. The van der Waals surface area contributed by atoms with Crippen molar-refractivity contribution in [1.82, 2.24) is 40.4 Å². The summed E-state index contributed by atoms with van der Waals surface area (Å²) in [6, 6.07) is 21.1. The van der Waals surface area contributed by atoms with Crippen LogP contribution in [0.4, 0.5) is 9.59 Å². The van der Waals surface area contributed by atoms with E-state index in [2.05, 4.69) is 144 Å². The molecular weight excluding hydrogens is 821 g/mol. The molecule has 14 nitrogen and oxygen atoms in total. The first-order chi connectivity index (χ1) is 31.4. The third-order valence-electron chi connectivity index (χ3n) is 11.0. The average molecular weight is 887 g/mol. The van der Waals surface area contributed by atoms with Crippen molar-refractivity contribution in [2.75, 3.05) is 33.9 Å². The summed E-state index contributed by atoms with van der Waals surface area (Å²) in [6.45, 7) is 13.1. The number of amides is 4. The van der Waals surface area contributed by atoms with E-state index in [1.165, 1.54) is 27.1 Å². The van der Waals surface area contributed by atoms with Gasteiger partial charge in [-0.05, 0) is 78.1 Å². The van der Waals surface area contributed by atoms with Crippen LogP contribution in [-0.4, -0.2) is 93.6 Å². The number of H-pyrrole nitrogens is 2. The number of nitrogens with one attached hydrogen (secondary N) is 4. The number of ether oxygens (including phenoxy) is 2. The van der Waals surface area contributed by atoms with Crippen molar-refractivity contribution in [3.63, 3.8) is 0 Å². The molecule has 1 saturated heterocycles. The number of alkyl carbamates (subject to hydrolysis) is 2. The number of aromatic nitrogens is 4. The number of imidazole rings is 2. The molecule has 2 aliphatic rings. The molecule has 3 heterocycles. The molecule has 3 aromatic carbocycles. The molecular formula is C51H66N8O6. The lowest BCUT2D eigenvalue weighted by Crippen LogP contribution is -2.54. The maximum Gasteiger partial charge on any atom is 0.407 e. The zero-order chi connectivity index (χ0) is 48.1. The number of fused-ring (bicyclic) bond motifs is 3. The number of terminal acetylenes is 2. The lowest BCUT2D eigenvalue weighted by Gasteiger charge is -2.43. The Morgan fingerprint density at radius 2 is 1.26 bits per heavy atom. The minimum atomic E-state index is -0.648. The Morgan fingerprint density at radius 3 is 1.86 bits per heavy atom. The van der Waals surface area contributed by atoms with Crippen LogP contribution in [0.25, 0.3) is 44.4 Å². The number of carbonyl (C=O) groups excluding carboxylic acids is 4. The van der Waals surface area contributed by atoms with Crippen molar-refractivity contribution in [2.24, 2.45) is 5.92 Å². The lowest BCUT2D eigenvalue weighted by atomic mass is 9.83. The highest BCUT2D eigenvalue weighted by Gasteiger charge is 2.58. The van der Waals surface area contributed by atoms with Gasteiger partial charge in [0.05, 0.1) is 44.5 Å². The molecule has 5 aromatic rings. The van der Waals surface area contributed by atoms with E-state index in [4.69, 9.17) is 4.98 Å². The maximum absolute atomic E-state index is 13.4. The minimum Gasteiger partial charge on any atom is -0.453 e. The zero-order valence-corrected chi connectivity index (χ0v) is 39.2. The fourth-order valence-corrected chi connectivity index (χ4v) is 8.18. The van der Waals surface area contributed by atoms with E-state index in [1.807, 2.05) is 30.2 Å². The number of benzene rings is 3.